The van der Waals surface area contributed by atoms with Gasteiger partial charge in [-0.05, 0) is 31.0 Å². The number of sulfone groups is 1. The number of nitro benzene ring substituents is 1. The van der Waals surface area contributed by atoms with Gasteiger partial charge in [0.2, 0.25) is 26.6 Å². The Hall–Kier alpha value is -3.64. The van der Waals surface area contributed by atoms with Crippen LogP contribution in [0.25, 0.3) is 11.5 Å². The van der Waals surface area contributed by atoms with Crippen LogP contribution in [0.1, 0.15) is 12.8 Å². The predicted octanol–water partition coefficient (Wildman–Crippen LogP) is 3.44. The minimum Gasteiger partial charge on any atom is -0.486 e. The lowest BCUT2D eigenvalue weighted by atomic mass is 10.2. The number of ether oxygens (including phenoxy) is 3. The Labute approximate surface area is 194 Å². The monoisotopic (exact) mass is 487 g/mol. The summed E-state index contributed by atoms with van der Waals surface area (Å²) in [5, 5.41) is 14.1. The average molecular weight is 487 g/mol. The molecular formula is C22H21N3O8S. The molecule has 2 aromatic carbocycles. The Kier molecular flexibility index (Phi) is 5.84. The molecule has 0 amide bonds. The van der Waals surface area contributed by atoms with Gasteiger partial charge in [-0.3, -0.25) is 10.1 Å². The van der Waals surface area contributed by atoms with Gasteiger partial charge in [0.05, 0.1) is 15.9 Å². The molecule has 5 rings (SSSR count). The number of nitrogens with one attached hydrogen (secondary N) is 1. The van der Waals surface area contributed by atoms with Crippen LogP contribution in [0.3, 0.4) is 0 Å². The number of aromatic nitrogens is 1. The lowest BCUT2D eigenvalue weighted by molar-refractivity contribution is -0.384. The molecular weight excluding hydrogens is 466 g/mol. The highest BCUT2D eigenvalue weighted by atomic mass is 32.2. The van der Waals surface area contributed by atoms with Crippen LogP contribution >= 0.6 is 0 Å². The summed E-state index contributed by atoms with van der Waals surface area (Å²) in [7, 11) is -4.18. The van der Waals surface area contributed by atoms with E-state index >= 15 is 0 Å². The number of nitrogens with zero attached hydrogens (tertiary/aromatic N) is 2. The predicted molar refractivity (Wildman–Crippen MR) is 119 cm³/mol. The summed E-state index contributed by atoms with van der Waals surface area (Å²) in [6.07, 6.45) is 1.62. The van der Waals surface area contributed by atoms with Gasteiger partial charge in [0.25, 0.3) is 5.69 Å². The fourth-order valence-electron chi connectivity index (χ4n) is 3.84. The summed E-state index contributed by atoms with van der Waals surface area (Å²) in [6, 6.07) is 10.1. The fourth-order valence-corrected chi connectivity index (χ4v) is 5.14. The van der Waals surface area contributed by atoms with E-state index in [2.05, 4.69) is 10.3 Å². The van der Waals surface area contributed by atoms with Gasteiger partial charge in [0.15, 0.2) is 11.5 Å². The van der Waals surface area contributed by atoms with E-state index in [0.717, 1.165) is 12.8 Å². The molecule has 1 unspecified atom stereocenters. The first kappa shape index (κ1) is 22.2. The Morgan fingerprint density at radius 2 is 1.88 bits per heavy atom. The van der Waals surface area contributed by atoms with Crippen molar-refractivity contribution in [2.75, 3.05) is 31.7 Å². The second-order valence-electron chi connectivity index (χ2n) is 7.75. The first-order valence-corrected chi connectivity index (χ1v) is 12.2. The molecule has 3 heterocycles. The van der Waals surface area contributed by atoms with Crippen molar-refractivity contribution in [3.63, 3.8) is 0 Å². The third kappa shape index (κ3) is 4.17. The molecule has 11 nitrogen and oxygen atoms in total. The zero-order valence-corrected chi connectivity index (χ0v) is 18.7. The molecule has 0 spiro atoms. The van der Waals surface area contributed by atoms with Gasteiger partial charge < -0.3 is 23.9 Å². The van der Waals surface area contributed by atoms with Crippen molar-refractivity contribution in [2.45, 2.75) is 28.9 Å². The first-order valence-electron chi connectivity index (χ1n) is 10.7. The lowest BCUT2D eigenvalue weighted by Gasteiger charge is -2.18. The summed E-state index contributed by atoms with van der Waals surface area (Å²) < 4.78 is 49.5. The molecule has 1 aromatic heterocycles. The Bertz CT molecular complexity index is 1330. The average Bonchev–Trinajstić information content (AvgIpc) is 3.52. The summed E-state index contributed by atoms with van der Waals surface area (Å²) >= 11 is 0. The Morgan fingerprint density at radius 1 is 1.09 bits per heavy atom. The molecule has 2 aliphatic heterocycles. The van der Waals surface area contributed by atoms with Gasteiger partial charge >= 0.3 is 0 Å². The third-order valence-electron chi connectivity index (χ3n) is 5.52. The molecule has 1 fully saturated rings. The van der Waals surface area contributed by atoms with Gasteiger partial charge in [-0.25, -0.2) is 8.42 Å². The smallest absolute Gasteiger partial charge is 0.282 e. The van der Waals surface area contributed by atoms with Crippen molar-refractivity contribution in [3.8, 4) is 23.0 Å². The van der Waals surface area contributed by atoms with E-state index in [1.54, 1.807) is 6.07 Å². The van der Waals surface area contributed by atoms with Crippen molar-refractivity contribution in [1.82, 2.24) is 4.98 Å². The van der Waals surface area contributed by atoms with E-state index in [9.17, 15) is 18.5 Å². The second kappa shape index (κ2) is 8.95. The molecule has 2 aliphatic rings. The first-order chi connectivity index (χ1) is 16.4. The number of para-hydroxylation sites is 1. The van der Waals surface area contributed by atoms with Crippen LogP contribution in [0.2, 0.25) is 0 Å². The Balaban J connectivity index is 1.57. The number of nitro groups is 1. The molecule has 3 aromatic rings. The number of oxazole rings is 1. The van der Waals surface area contributed by atoms with Gasteiger partial charge in [-0.2, -0.15) is 4.98 Å². The van der Waals surface area contributed by atoms with Crippen LogP contribution in [0.15, 0.2) is 56.8 Å². The number of hydrogen-bond donors (Lipinski definition) is 1. The quantitative estimate of drug-likeness (QED) is 0.389. The minimum absolute atomic E-state index is 0.0660. The standard InChI is InChI=1S/C22H21N3O8S/c26-25(27)17-6-2-1-5-16(17)20-24-22(21(33-20)23-13-14-4-3-9-30-14)34(28,29)15-7-8-18-19(12-15)32-11-10-31-18/h1-2,5-8,12,14,23H,3-4,9-11,13H2. The van der Waals surface area contributed by atoms with Crippen molar-refractivity contribution >= 4 is 21.4 Å². The normalized spacial score (nSPS) is 17.5. The number of hydrogen-bond acceptors (Lipinski definition) is 10. The number of anilines is 1. The molecule has 0 bridgehead atoms. The van der Waals surface area contributed by atoms with Gasteiger partial charge in [-0.15, -0.1) is 0 Å². The number of rotatable bonds is 7. The second-order valence-corrected chi connectivity index (χ2v) is 9.62. The fraction of sp³-hybridized carbons (Fsp3) is 0.318. The van der Waals surface area contributed by atoms with Crippen LogP contribution in [0.5, 0.6) is 11.5 Å². The highest BCUT2D eigenvalue weighted by molar-refractivity contribution is 7.91. The maximum absolute atomic E-state index is 13.6. The highest BCUT2D eigenvalue weighted by Crippen LogP contribution is 2.38. The number of fused-ring (bicyclic) bond motifs is 1. The molecule has 0 saturated carbocycles. The number of benzene rings is 2. The van der Waals surface area contributed by atoms with Crippen molar-refractivity contribution < 1.29 is 32.0 Å². The van der Waals surface area contributed by atoms with E-state index < -0.39 is 14.8 Å². The summed E-state index contributed by atoms with van der Waals surface area (Å²) in [5.41, 5.74) is -0.186. The van der Waals surface area contributed by atoms with Crippen LogP contribution in [0, 0.1) is 10.1 Å². The van der Waals surface area contributed by atoms with E-state index in [1.165, 1.54) is 36.4 Å². The van der Waals surface area contributed by atoms with Gasteiger partial charge in [0.1, 0.15) is 18.8 Å². The third-order valence-corrected chi connectivity index (χ3v) is 7.18. The lowest BCUT2D eigenvalue weighted by Crippen LogP contribution is -2.19. The maximum Gasteiger partial charge on any atom is 0.282 e. The summed E-state index contributed by atoms with van der Waals surface area (Å²) in [5.74, 6) is 0.461. The highest BCUT2D eigenvalue weighted by Gasteiger charge is 2.32. The largest absolute Gasteiger partial charge is 0.486 e. The van der Waals surface area contributed by atoms with Crippen LogP contribution < -0.4 is 14.8 Å². The summed E-state index contributed by atoms with van der Waals surface area (Å²) in [6.45, 7) is 1.61. The van der Waals surface area contributed by atoms with Gasteiger partial charge in [0, 0.05) is 25.3 Å². The van der Waals surface area contributed by atoms with Crippen LogP contribution in [0.4, 0.5) is 11.6 Å². The molecule has 34 heavy (non-hydrogen) atoms. The Morgan fingerprint density at radius 3 is 2.65 bits per heavy atom. The zero-order chi connectivity index (χ0) is 23.7. The SMILES string of the molecule is O=[N+]([O-])c1ccccc1-c1nc(S(=O)(=O)c2ccc3c(c2)OCCO3)c(NCC2CCCO2)o1. The molecule has 12 heteroatoms. The topological polar surface area (TPSA) is 143 Å². The van der Waals surface area contributed by atoms with Crippen LogP contribution in [-0.2, 0) is 14.6 Å². The molecule has 0 aliphatic carbocycles. The van der Waals surface area contributed by atoms with Gasteiger partial charge in [-0.1, -0.05) is 12.1 Å². The van der Waals surface area contributed by atoms with Crippen molar-refractivity contribution in [1.29, 1.82) is 0 Å². The van der Waals surface area contributed by atoms with Crippen LogP contribution in [-0.4, -0.2) is 50.8 Å². The molecule has 1 saturated heterocycles. The molecule has 1 N–H and O–H groups in total. The molecule has 0 radical (unpaired) electrons. The zero-order valence-electron chi connectivity index (χ0n) is 17.9. The van der Waals surface area contributed by atoms with Crippen molar-refractivity contribution in [2.24, 2.45) is 0 Å². The van der Waals surface area contributed by atoms with Crippen molar-refractivity contribution in [3.05, 3.63) is 52.6 Å². The molecule has 1 atom stereocenters. The summed E-state index contributed by atoms with van der Waals surface area (Å²) in [4.78, 5) is 15.1. The van der Waals surface area contributed by atoms with E-state index in [-0.39, 0.29) is 39.1 Å². The minimum atomic E-state index is -4.18. The van der Waals surface area contributed by atoms with E-state index in [1.807, 2.05) is 0 Å². The van der Waals surface area contributed by atoms with E-state index in [4.69, 9.17) is 18.6 Å². The van der Waals surface area contributed by atoms with E-state index in [0.29, 0.717) is 37.9 Å². The molecule has 178 valence electrons. The maximum atomic E-state index is 13.6.